The zero-order valence-electron chi connectivity index (χ0n) is 11.7. The van der Waals surface area contributed by atoms with Crippen LogP contribution in [0.15, 0.2) is 22.7 Å². The van der Waals surface area contributed by atoms with Gasteiger partial charge in [0.2, 0.25) is 11.7 Å². The standard InChI is InChI=1S/C14H15ClN2O4/c1-8(2)5-13-16-12(17-21-13)7-20-11-4-3-9(15)6-10(11)14(18)19/h3-4,6,8H,5,7H2,1-2H3,(H,18,19). The number of carbonyl (C=O) groups is 1. The van der Waals surface area contributed by atoms with E-state index in [1.165, 1.54) is 12.1 Å². The van der Waals surface area contributed by atoms with E-state index in [4.69, 9.17) is 26.0 Å². The largest absolute Gasteiger partial charge is 0.485 e. The van der Waals surface area contributed by atoms with Gasteiger partial charge in [0.25, 0.3) is 0 Å². The number of rotatable bonds is 6. The van der Waals surface area contributed by atoms with Gasteiger partial charge >= 0.3 is 5.97 Å². The number of hydrogen-bond acceptors (Lipinski definition) is 5. The zero-order chi connectivity index (χ0) is 15.4. The van der Waals surface area contributed by atoms with Gasteiger partial charge in [-0.2, -0.15) is 4.98 Å². The van der Waals surface area contributed by atoms with Crippen molar-refractivity contribution >= 4 is 17.6 Å². The van der Waals surface area contributed by atoms with Gasteiger partial charge in [0.05, 0.1) is 0 Å². The summed E-state index contributed by atoms with van der Waals surface area (Å²) in [5.41, 5.74) is -0.00611. The summed E-state index contributed by atoms with van der Waals surface area (Å²) >= 11 is 5.77. The molecule has 21 heavy (non-hydrogen) atoms. The predicted octanol–water partition coefficient (Wildman–Crippen LogP) is 3.20. The van der Waals surface area contributed by atoms with Crippen molar-refractivity contribution in [3.05, 3.63) is 40.5 Å². The molecule has 1 heterocycles. The fourth-order valence-corrected chi connectivity index (χ4v) is 1.89. The maximum absolute atomic E-state index is 11.1. The van der Waals surface area contributed by atoms with E-state index >= 15 is 0 Å². The number of hydrogen-bond donors (Lipinski definition) is 1. The predicted molar refractivity (Wildman–Crippen MR) is 75.6 cm³/mol. The average Bonchev–Trinajstić information content (AvgIpc) is 2.83. The lowest BCUT2D eigenvalue weighted by Crippen LogP contribution is -2.04. The second-order valence-corrected chi connectivity index (χ2v) is 5.37. The second-order valence-electron chi connectivity index (χ2n) is 4.94. The van der Waals surface area contributed by atoms with E-state index in [2.05, 4.69) is 10.1 Å². The minimum atomic E-state index is -1.11. The van der Waals surface area contributed by atoms with Crippen LogP contribution in [0.1, 0.15) is 35.9 Å². The molecule has 2 aromatic rings. The average molecular weight is 311 g/mol. The van der Waals surface area contributed by atoms with Crippen molar-refractivity contribution < 1.29 is 19.2 Å². The van der Waals surface area contributed by atoms with Gasteiger partial charge in [0.1, 0.15) is 11.3 Å². The highest BCUT2D eigenvalue weighted by molar-refractivity contribution is 6.31. The number of aromatic carboxylic acids is 1. The number of ether oxygens (including phenoxy) is 1. The quantitative estimate of drug-likeness (QED) is 0.881. The Morgan fingerprint density at radius 3 is 2.90 bits per heavy atom. The Hall–Kier alpha value is -2.08. The molecule has 0 spiro atoms. The molecule has 1 aromatic carbocycles. The van der Waals surface area contributed by atoms with Crippen LogP contribution >= 0.6 is 11.6 Å². The van der Waals surface area contributed by atoms with E-state index < -0.39 is 5.97 Å². The van der Waals surface area contributed by atoms with E-state index in [0.29, 0.717) is 29.1 Å². The first kappa shape index (κ1) is 15.3. The number of halogens is 1. The first-order valence-corrected chi connectivity index (χ1v) is 6.80. The van der Waals surface area contributed by atoms with Crippen molar-refractivity contribution in [3.63, 3.8) is 0 Å². The lowest BCUT2D eigenvalue weighted by Gasteiger charge is -2.07. The summed E-state index contributed by atoms with van der Waals surface area (Å²) in [7, 11) is 0. The van der Waals surface area contributed by atoms with Gasteiger partial charge in [-0.1, -0.05) is 30.6 Å². The third kappa shape index (κ3) is 4.19. The highest BCUT2D eigenvalue weighted by Gasteiger charge is 2.14. The SMILES string of the molecule is CC(C)Cc1nc(COc2ccc(Cl)cc2C(=O)O)no1. The molecular weight excluding hydrogens is 296 g/mol. The van der Waals surface area contributed by atoms with Gasteiger partial charge < -0.3 is 14.4 Å². The van der Waals surface area contributed by atoms with E-state index in [1.807, 2.05) is 13.8 Å². The molecule has 0 unspecified atom stereocenters. The number of nitrogens with zero attached hydrogens (tertiary/aromatic N) is 2. The number of carboxylic acid groups (broad SMARTS) is 1. The van der Waals surface area contributed by atoms with Crippen molar-refractivity contribution in [2.45, 2.75) is 26.9 Å². The van der Waals surface area contributed by atoms with Gasteiger partial charge in [-0.25, -0.2) is 4.79 Å². The van der Waals surface area contributed by atoms with Crippen molar-refractivity contribution in [1.29, 1.82) is 0 Å². The Labute approximate surface area is 126 Å². The second kappa shape index (κ2) is 6.58. The molecule has 112 valence electrons. The molecule has 0 amide bonds. The topological polar surface area (TPSA) is 85.5 Å². The van der Waals surface area contributed by atoms with Gasteiger partial charge in [0, 0.05) is 11.4 Å². The minimum absolute atomic E-state index is 0.00611. The molecule has 7 heteroatoms. The maximum atomic E-state index is 11.1. The van der Waals surface area contributed by atoms with Crippen LogP contribution < -0.4 is 4.74 Å². The van der Waals surface area contributed by atoms with E-state index in [1.54, 1.807) is 6.07 Å². The van der Waals surface area contributed by atoms with Gasteiger partial charge in [-0.15, -0.1) is 0 Å². The number of aromatic nitrogens is 2. The normalized spacial score (nSPS) is 10.9. The molecule has 0 radical (unpaired) electrons. The summed E-state index contributed by atoms with van der Waals surface area (Å²) in [6.07, 6.45) is 0.689. The zero-order valence-corrected chi connectivity index (χ0v) is 12.4. The Morgan fingerprint density at radius 2 is 2.24 bits per heavy atom. The van der Waals surface area contributed by atoms with Gasteiger partial charge in [-0.05, 0) is 24.1 Å². The van der Waals surface area contributed by atoms with Crippen LogP contribution in [0, 0.1) is 5.92 Å². The Morgan fingerprint density at radius 1 is 1.48 bits per heavy atom. The highest BCUT2D eigenvalue weighted by Crippen LogP contribution is 2.23. The van der Waals surface area contributed by atoms with Crippen molar-refractivity contribution in [3.8, 4) is 5.75 Å². The van der Waals surface area contributed by atoms with Crippen LogP contribution in [0.25, 0.3) is 0 Å². The van der Waals surface area contributed by atoms with Crippen LogP contribution in [0.4, 0.5) is 0 Å². The molecule has 0 aliphatic rings. The summed E-state index contributed by atoms with van der Waals surface area (Å²) < 4.78 is 10.5. The Balaban J connectivity index is 2.06. The summed E-state index contributed by atoms with van der Waals surface area (Å²) in [5.74, 6) is 0.424. The monoisotopic (exact) mass is 310 g/mol. The summed E-state index contributed by atoms with van der Waals surface area (Å²) in [5, 5.41) is 13.2. The summed E-state index contributed by atoms with van der Waals surface area (Å²) in [6.45, 7) is 4.13. The molecule has 1 aromatic heterocycles. The molecule has 0 bridgehead atoms. The summed E-state index contributed by atoms with van der Waals surface area (Å²) in [6, 6.07) is 4.39. The lowest BCUT2D eigenvalue weighted by molar-refractivity contribution is 0.0691. The molecular formula is C14H15ClN2O4. The first-order chi connectivity index (χ1) is 9.95. The van der Waals surface area contributed by atoms with E-state index in [9.17, 15) is 4.79 Å². The van der Waals surface area contributed by atoms with Crippen LogP contribution in [0.5, 0.6) is 5.75 Å². The third-order valence-corrected chi connectivity index (χ3v) is 2.86. The molecule has 0 aliphatic heterocycles. The Kier molecular flexibility index (Phi) is 4.80. The van der Waals surface area contributed by atoms with Crippen molar-refractivity contribution in [2.24, 2.45) is 5.92 Å². The molecule has 0 fully saturated rings. The minimum Gasteiger partial charge on any atom is -0.485 e. The van der Waals surface area contributed by atoms with Crippen molar-refractivity contribution in [1.82, 2.24) is 10.1 Å². The molecule has 0 saturated heterocycles. The maximum Gasteiger partial charge on any atom is 0.339 e. The highest BCUT2D eigenvalue weighted by atomic mass is 35.5. The van der Waals surface area contributed by atoms with Crippen LogP contribution in [-0.4, -0.2) is 21.2 Å². The van der Waals surface area contributed by atoms with Crippen LogP contribution in [0.3, 0.4) is 0 Å². The fraction of sp³-hybridized carbons (Fsp3) is 0.357. The first-order valence-electron chi connectivity index (χ1n) is 6.43. The third-order valence-electron chi connectivity index (χ3n) is 2.62. The van der Waals surface area contributed by atoms with Gasteiger partial charge in [-0.3, -0.25) is 0 Å². The smallest absolute Gasteiger partial charge is 0.339 e. The van der Waals surface area contributed by atoms with E-state index in [0.717, 1.165) is 0 Å². The Bertz CT molecular complexity index is 640. The molecule has 2 rings (SSSR count). The molecule has 0 atom stereocenters. The molecule has 0 aliphatic carbocycles. The summed E-state index contributed by atoms with van der Waals surface area (Å²) in [4.78, 5) is 15.3. The van der Waals surface area contributed by atoms with Crippen LogP contribution in [-0.2, 0) is 13.0 Å². The number of carboxylic acids is 1. The lowest BCUT2D eigenvalue weighted by atomic mass is 10.1. The molecule has 6 nitrogen and oxygen atoms in total. The molecule has 0 saturated carbocycles. The van der Waals surface area contributed by atoms with E-state index in [-0.39, 0.29) is 17.9 Å². The van der Waals surface area contributed by atoms with Crippen LogP contribution in [0.2, 0.25) is 5.02 Å². The van der Waals surface area contributed by atoms with Gasteiger partial charge in [0.15, 0.2) is 6.61 Å². The van der Waals surface area contributed by atoms with Crippen molar-refractivity contribution in [2.75, 3.05) is 0 Å². The fourth-order valence-electron chi connectivity index (χ4n) is 1.72. The molecule has 1 N–H and O–H groups in total. The number of benzene rings is 1.